The number of hydrogen-bond donors (Lipinski definition) is 0. The summed E-state index contributed by atoms with van der Waals surface area (Å²) in [7, 11) is 1.68. The molecule has 1 heterocycles. The lowest BCUT2D eigenvalue weighted by Crippen LogP contribution is -1.97. The Kier molecular flexibility index (Phi) is 4.48. The molecule has 2 aromatic rings. The Hall–Kier alpha value is -0.510. The number of rotatable bonds is 4. The van der Waals surface area contributed by atoms with E-state index in [4.69, 9.17) is 16.3 Å². The molecule has 17 heavy (non-hydrogen) atoms. The van der Waals surface area contributed by atoms with Crippen LogP contribution < -0.4 is 4.74 Å². The monoisotopic (exact) mass is 330 g/mol. The third-order valence-corrected chi connectivity index (χ3v) is 4.47. The maximum absolute atomic E-state index is 6.41. The van der Waals surface area contributed by atoms with E-state index in [9.17, 15) is 0 Å². The summed E-state index contributed by atoms with van der Waals surface area (Å²) in [5.74, 6) is 0.896. The Balaban J connectivity index is 2.15. The Bertz CT molecular complexity index is 498. The first-order valence-electron chi connectivity index (χ1n) is 5.20. The van der Waals surface area contributed by atoms with E-state index in [1.165, 1.54) is 0 Å². The molecule has 90 valence electrons. The summed E-state index contributed by atoms with van der Waals surface area (Å²) in [5, 5.41) is 2.06. The predicted octanol–water partition coefficient (Wildman–Crippen LogP) is 5.04. The predicted molar refractivity (Wildman–Crippen MR) is 77.3 cm³/mol. The fourth-order valence-electron chi connectivity index (χ4n) is 1.67. The number of thiophene rings is 1. The Morgan fingerprint density at radius 2 is 2.18 bits per heavy atom. The average Bonchev–Trinajstić information content (AvgIpc) is 2.77. The van der Waals surface area contributed by atoms with E-state index in [1.807, 2.05) is 18.2 Å². The standard InChI is InChI=1S/C13H12BrClOS/c1-16-12-5-3-2-4-9(12)6-11(15)10-7-13(14)17-8-10/h2-5,7-8,11H,6H2,1H3. The van der Waals surface area contributed by atoms with Gasteiger partial charge in [0.25, 0.3) is 0 Å². The first-order chi connectivity index (χ1) is 8.20. The van der Waals surface area contributed by atoms with E-state index in [1.54, 1.807) is 18.4 Å². The fraction of sp³-hybridized carbons (Fsp3) is 0.231. The van der Waals surface area contributed by atoms with Crippen molar-refractivity contribution in [2.45, 2.75) is 11.8 Å². The van der Waals surface area contributed by atoms with Crippen molar-refractivity contribution in [2.75, 3.05) is 7.11 Å². The van der Waals surface area contributed by atoms with Crippen LogP contribution in [0.25, 0.3) is 0 Å². The SMILES string of the molecule is COc1ccccc1CC(Cl)c1csc(Br)c1. The Morgan fingerprint density at radius 1 is 1.41 bits per heavy atom. The number of ether oxygens (including phenoxy) is 1. The molecule has 4 heteroatoms. The molecule has 0 spiro atoms. The van der Waals surface area contributed by atoms with Crippen LogP contribution in [0.1, 0.15) is 16.5 Å². The minimum Gasteiger partial charge on any atom is -0.496 e. The molecule has 0 saturated carbocycles. The summed E-state index contributed by atoms with van der Waals surface area (Å²) in [6, 6.07) is 10.0. The maximum atomic E-state index is 6.41. The van der Waals surface area contributed by atoms with Crippen molar-refractivity contribution in [3.63, 3.8) is 0 Å². The Morgan fingerprint density at radius 3 is 2.82 bits per heavy atom. The second kappa shape index (κ2) is 5.89. The zero-order chi connectivity index (χ0) is 12.3. The summed E-state index contributed by atoms with van der Waals surface area (Å²) in [4.78, 5) is 0. The third kappa shape index (κ3) is 3.24. The van der Waals surface area contributed by atoms with E-state index in [2.05, 4.69) is 33.4 Å². The summed E-state index contributed by atoms with van der Waals surface area (Å²) in [6.07, 6.45) is 0.773. The van der Waals surface area contributed by atoms with Gasteiger partial charge in [-0.25, -0.2) is 0 Å². The number of hydrogen-bond acceptors (Lipinski definition) is 2. The third-order valence-electron chi connectivity index (χ3n) is 2.54. The van der Waals surface area contributed by atoms with E-state index < -0.39 is 0 Å². The zero-order valence-electron chi connectivity index (χ0n) is 9.32. The van der Waals surface area contributed by atoms with Crippen LogP contribution in [0.4, 0.5) is 0 Å². The molecular weight excluding hydrogens is 320 g/mol. The average molecular weight is 332 g/mol. The Labute approximate surface area is 119 Å². The molecule has 1 unspecified atom stereocenters. The van der Waals surface area contributed by atoms with Crippen LogP contribution in [0.15, 0.2) is 39.5 Å². The molecule has 0 aliphatic heterocycles. The lowest BCUT2D eigenvalue weighted by Gasteiger charge is -2.11. The molecule has 1 atom stereocenters. The van der Waals surface area contributed by atoms with Gasteiger partial charge in [0, 0.05) is 0 Å². The highest BCUT2D eigenvalue weighted by Gasteiger charge is 2.13. The molecule has 0 fully saturated rings. The fourth-order valence-corrected chi connectivity index (χ4v) is 3.27. The molecule has 2 rings (SSSR count). The van der Waals surface area contributed by atoms with Crippen LogP contribution >= 0.6 is 38.9 Å². The lowest BCUT2D eigenvalue weighted by atomic mass is 10.1. The summed E-state index contributed by atoms with van der Waals surface area (Å²) in [6.45, 7) is 0. The van der Waals surface area contributed by atoms with Crippen LogP contribution in [-0.2, 0) is 6.42 Å². The van der Waals surface area contributed by atoms with E-state index >= 15 is 0 Å². The van der Waals surface area contributed by atoms with Crippen LogP contribution in [0.5, 0.6) is 5.75 Å². The maximum Gasteiger partial charge on any atom is 0.122 e. The molecule has 0 N–H and O–H groups in total. The summed E-state index contributed by atoms with van der Waals surface area (Å²) in [5.41, 5.74) is 2.28. The smallest absolute Gasteiger partial charge is 0.122 e. The van der Waals surface area contributed by atoms with E-state index in [0.717, 1.165) is 27.1 Å². The van der Waals surface area contributed by atoms with Crippen LogP contribution in [0.3, 0.4) is 0 Å². The van der Waals surface area contributed by atoms with Crippen molar-refractivity contribution in [3.05, 3.63) is 50.6 Å². The molecule has 0 amide bonds. The summed E-state index contributed by atoms with van der Waals surface area (Å²) >= 11 is 11.5. The van der Waals surface area contributed by atoms with Crippen LogP contribution in [-0.4, -0.2) is 7.11 Å². The first kappa shape index (κ1) is 12.9. The van der Waals surface area contributed by atoms with Crippen molar-refractivity contribution < 1.29 is 4.74 Å². The molecule has 0 bridgehead atoms. The van der Waals surface area contributed by atoms with Crippen LogP contribution in [0, 0.1) is 0 Å². The number of para-hydroxylation sites is 1. The largest absolute Gasteiger partial charge is 0.496 e. The highest BCUT2D eigenvalue weighted by molar-refractivity contribution is 9.11. The molecule has 1 aromatic carbocycles. The van der Waals surface area contributed by atoms with Gasteiger partial charge in [-0.2, -0.15) is 0 Å². The van der Waals surface area contributed by atoms with Crippen molar-refractivity contribution >= 4 is 38.9 Å². The second-order valence-corrected chi connectivity index (χ2v) is 6.48. The van der Waals surface area contributed by atoms with Gasteiger partial charge in [0.05, 0.1) is 16.3 Å². The summed E-state index contributed by atoms with van der Waals surface area (Å²) < 4.78 is 6.43. The minimum atomic E-state index is -0.0196. The van der Waals surface area contributed by atoms with Gasteiger partial charge in [0.15, 0.2) is 0 Å². The van der Waals surface area contributed by atoms with Crippen molar-refractivity contribution in [3.8, 4) is 5.75 Å². The topological polar surface area (TPSA) is 9.23 Å². The van der Waals surface area contributed by atoms with Gasteiger partial charge >= 0.3 is 0 Å². The quantitative estimate of drug-likeness (QED) is 0.713. The lowest BCUT2D eigenvalue weighted by molar-refractivity contribution is 0.409. The molecule has 1 aromatic heterocycles. The minimum absolute atomic E-state index is 0.0196. The van der Waals surface area contributed by atoms with Gasteiger partial charge in [-0.1, -0.05) is 18.2 Å². The van der Waals surface area contributed by atoms with Gasteiger partial charge in [-0.3, -0.25) is 0 Å². The molecular formula is C13H12BrClOS. The molecule has 0 aliphatic carbocycles. The number of alkyl halides is 1. The molecule has 0 saturated heterocycles. The van der Waals surface area contributed by atoms with Gasteiger partial charge in [-0.15, -0.1) is 22.9 Å². The van der Waals surface area contributed by atoms with E-state index in [0.29, 0.717) is 0 Å². The molecule has 0 radical (unpaired) electrons. The zero-order valence-corrected chi connectivity index (χ0v) is 12.5. The normalized spacial score (nSPS) is 12.4. The second-order valence-electron chi connectivity index (χ2n) is 3.67. The highest BCUT2D eigenvalue weighted by atomic mass is 79.9. The van der Waals surface area contributed by atoms with Crippen LogP contribution in [0.2, 0.25) is 0 Å². The number of methoxy groups -OCH3 is 1. The highest BCUT2D eigenvalue weighted by Crippen LogP contribution is 2.33. The first-order valence-corrected chi connectivity index (χ1v) is 7.31. The van der Waals surface area contributed by atoms with Crippen molar-refractivity contribution in [2.24, 2.45) is 0 Å². The van der Waals surface area contributed by atoms with Crippen molar-refractivity contribution in [1.29, 1.82) is 0 Å². The van der Waals surface area contributed by atoms with Crippen molar-refractivity contribution in [1.82, 2.24) is 0 Å². The number of halogens is 2. The van der Waals surface area contributed by atoms with Gasteiger partial charge < -0.3 is 4.74 Å². The van der Waals surface area contributed by atoms with E-state index in [-0.39, 0.29) is 5.38 Å². The van der Waals surface area contributed by atoms with Gasteiger partial charge in [-0.05, 0) is 51.0 Å². The molecule has 1 nitrogen and oxygen atoms in total. The molecule has 0 aliphatic rings. The van der Waals surface area contributed by atoms with Gasteiger partial charge in [0.2, 0.25) is 0 Å². The number of benzene rings is 1. The van der Waals surface area contributed by atoms with Gasteiger partial charge in [0.1, 0.15) is 5.75 Å².